The molecule has 4 aromatic rings. The van der Waals surface area contributed by atoms with Crippen molar-refractivity contribution in [3.63, 3.8) is 0 Å². The normalized spacial score (nSPS) is 14.6. The highest BCUT2D eigenvalue weighted by Gasteiger charge is 2.33. The lowest BCUT2D eigenvalue weighted by Crippen LogP contribution is -1.97. The molecule has 2 aliphatic heterocycles. The Bertz CT molecular complexity index is 1790. The van der Waals surface area contributed by atoms with E-state index in [9.17, 15) is 39.6 Å². The van der Waals surface area contributed by atoms with Gasteiger partial charge in [-0.3, -0.25) is 0 Å². The molecule has 0 aromatic heterocycles. The molecule has 8 nitrogen and oxygen atoms in total. The van der Waals surface area contributed by atoms with E-state index in [1.165, 1.54) is 71.3 Å². The lowest BCUT2D eigenvalue weighted by atomic mass is 10.1. The Morgan fingerprint density at radius 1 is 0.370 bits per heavy atom. The molecule has 12 heteroatoms. The van der Waals surface area contributed by atoms with Gasteiger partial charge in [-0.1, -0.05) is 95.6 Å². The Labute approximate surface area is 278 Å². The van der Waals surface area contributed by atoms with Crippen LogP contribution in [0.2, 0.25) is 0 Å². The number of aromatic carboxylic acids is 4. The molecule has 0 fully saturated rings. The van der Waals surface area contributed by atoms with E-state index in [0.717, 1.165) is 28.1 Å². The highest BCUT2D eigenvalue weighted by atomic mass is 32.2. The topological polar surface area (TPSA) is 149 Å². The van der Waals surface area contributed by atoms with Crippen LogP contribution in [0.3, 0.4) is 0 Å². The number of thioether (sulfide) groups is 4. The van der Waals surface area contributed by atoms with Gasteiger partial charge in [0.1, 0.15) is 0 Å². The van der Waals surface area contributed by atoms with E-state index in [4.69, 9.17) is 0 Å². The first kappa shape index (κ1) is 31.4. The van der Waals surface area contributed by atoms with Crippen molar-refractivity contribution in [2.75, 3.05) is 0 Å². The van der Waals surface area contributed by atoms with Gasteiger partial charge in [-0.15, -0.1) is 0 Å². The van der Waals surface area contributed by atoms with Gasteiger partial charge in [0.15, 0.2) is 0 Å². The molecule has 0 amide bonds. The van der Waals surface area contributed by atoms with E-state index in [0.29, 0.717) is 22.3 Å². The summed E-state index contributed by atoms with van der Waals surface area (Å²) < 4.78 is 1.72. The Morgan fingerprint density at radius 3 is 0.783 bits per heavy atom. The Balaban J connectivity index is 1.47. The monoisotopic (exact) mass is 684 g/mol. The standard InChI is InChI=1S/C34H20O8S4/c35-29(36)21-9-1-5-17(13-21)25-26(18-6-2-10-22(14-18)30(37)38)44-33(43-25)34-45-27(19-7-3-11-23(15-19)31(39)40)28(46-34)20-8-4-12-24(16-20)32(41)42/h1-16H,(H,35,36)(H,37,38)(H,39,40)(H,41,42). The van der Waals surface area contributed by atoms with Crippen molar-refractivity contribution in [2.24, 2.45) is 0 Å². The van der Waals surface area contributed by atoms with Gasteiger partial charge < -0.3 is 20.4 Å². The van der Waals surface area contributed by atoms with Gasteiger partial charge in [0.25, 0.3) is 0 Å². The van der Waals surface area contributed by atoms with Crippen molar-refractivity contribution in [3.8, 4) is 0 Å². The molecule has 2 aliphatic rings. The summed E-state index contributed by atoms with van der Waals surface area (Å²) in [5.74, 6) is -4.28. The number of carboxylic acid groups (broad SMARTS) is 4. The first-order chi connectivity index (χ1) is 22.1. The predicted molar refractivity (Wildman–Crippen MR) is 185 cm³/mol. The zero-order chi connectivity index (χ0) is 32.5. The first-order valence-electron chi connectivity index (χ1n) is 13.4. The molecule has 4 N–H and O–H groups in total. The van der Waals surface area contributed by atoms with Gasteiger partial charge in [-0.05, 0) is 70.8 Å². The molecule has 46 heavy (non-hydrogen) atoms. The SMILES string of the molecule is O=C(O)c1cccc(C2=C(c3cccc(C(=O)O)c3)SC(=C3SC(c4cccc(C(=O)O)c4)=C(c4cccc(C(=O)O)c4)S3)S2)c1. The van der Waals surface area contributed by atoms with Crippen LogP contribution >= 0.6 is 47.0 Å². The number of hydrogen-bond acceptors (Lipinski definition) is 8. The second-order valence-electron chi connectivity index (χ2n) is 9.84. The van der Waals surface area contributed by atoms with Crippen LogP contribution in [-0.4, -0.2) is 44.3 Å². The molecule has 4 aromatic carbocycles. The lowest BCUT2D eigenvalue weighted by Gasteiger charge is -2.08. The maximum absolute atomic E-state index is 11.8. The van der Waals surface area contributed by atoms with Crippen LogP contribution in [0.15, 0.2) is 106 Å². The van der Waals surface area contributed by atoms with Crippen molar-refractivity contribution in [2.45, 2.75) is 0 Å². The van der Waals surface area contributed by atoms with E-state index in [-0.39, 0.29) is 22.3 Å². The number of hydrogen-bond donors (Lipinski definition) is 4. The zero-order valence-electron chi connectivity index (χ0n) is 23.3. The van der Waals surface area contributed by atoms with Crippen LogP contribution in [0, 0.1) is 0 Å². The van der Waals surface area contributed by atoms with E-state index < -0.39 is 23.9 Å². The third kappa shape index (κ3) is 6.38. The molecule has 228 valence electrons. The van der Waals surface area contributed by atoms with E-state index >= 15 is 0 Å². The average molecular weight is 685 g/mol. The first-order valence-corrected chi connectivity index (χ1v) is 16.6. The smallest absolute Gasteiger partial charge is 0.335 e. The summed E-state index contributed by atoms with van der Waals surface area (Å²) >= 11 is 5.74. The molecule has 0 saturated carbocycles. The molecule has 0 unspecified atom stereocenters. The molecule has 2 heterocycles. The predicted octanol–water partition coefficient (Wildman–Crippen LogP) is 8.92. The second-order valence-corrected chi connectivity index (χ2v) is 14.4. The van der Waals surface area contributed by atoms with Gasteiger partial charge in [-0.25, -0.2) is 19.2 Å². The van der Waals surface area contributed by atoms with E-state index in [2.05, 4.69) is 0 Å². The van der Waals surface area contributed by atoms with Gasteiger partial charge in [0.2, 0.25) is 0 Å². The third-order valence-electron chi connectivity index (χ3n) is 6.85. The van der Waals surface area contributed by atoms with Crippen LogP contribution in [0.1, 0.15) is 63.7 Å². The second kappa shape index (κ2) is 13.0. The molecular formula is C34H20O8S4. The largest absolute Gasteiger partial charge is 0.478 e. The van der Waals surface area contributed by atoms with Crippen molar-refractivity contribution >= 4 is 90.5 Å². The van der Waals surface area contributed by atoms with Gasteiger partial charge in [0, 0.05) is 19.6 Å². The number of carboxylic acids is 4. The quantitative estimate of drug-likeness (QED) is 0.140. The van der Waals surface area contributed by atoms with Crippen LogP contribution in [0.4, 0.5) is 0 Å². The minimum absolute atomic E-state index is 0.114. The minimum atomic E-state index is -1.07. The highest BCUT2D eigenvalue weighted by molar-refractivity contribution is 8.39. The lowest BCUT2D eigenvalue weighted by molar-refractivity contribution is 0.0686. The summed E-state index contributed by atoms with van der Waals surface area (Å²) in [5, 5.41) is 38.6. The van der Waals surface area contributed by atoms with E-state index in [1.807, 2.05) is 24.3 Å². The summed E-state index contributed by atoms with van der Waals surface area (Å²) in [6.07, 6.45) is 0. The molecule has 0 spiro atoms. The van der Waals surface area contributed by atoms with Crippen molar-refractivity contribution in [1.82, 2.24) is 0 Å². The summed E-state index contributed by atoms with van der Waals surface area (Å²) in [6, 6.07) is 26.2. The fourth-order valence-corrected chi connectivity index (χ4v) is 10.4. The maximum atomic E-state index is 11.8. The summed E-state index contributed by atoms with van der Waals surface area (Å²) in [5.41, 5.74) is 3.10. The number of benzene rings is 4. The highest BCUT2D eigenvalue weighted by Crippen LogP contribution is 2.66. The summed E-state index contributed by atoms with van der Waals surface area (Å²) in [6.45, 7) is 0. The third-order valence-corrected chi connectivity index (χ3v) is 12.8. The fraction of sp³-hybridized carbons (Fsp3) is 0. The van der Waals surface area contributed by atoms with Crippen molar-refractivity contribution in [1.29, 1.82) is 0 Å². The van der Waals surface area contributed by atoms with Crippen LogP contribution in [0.25, 0.3) is 19.6 Å². The number of rotatable bonds is 8. The molecular weight excluding hydrogens is 665 g/mol. The van der Waals surface area contributed by atoms with Crippen LogP contribution in [-0.2, 0) is 0 Å². The Morgan fingerprint density at radius 2 is 0.587 bits per heavy atom. The van der Waals surface area contributed by atoms with Gasteiger partial charge >= 0.3 is 23.9 Å². The van der Waals surface area contributed by atoms with Gasteiger partial charge in [0.05, 0.1) is 30.7 Å². The minimum Gasteiger partial charge on any atom is -0.478 e. The molecule has 0 bridgehead atoms. The molecule has 6 rings (SSSR count). The van der Waals surface area contributed by atoms with Crippen molar-refractivity contribution < 1.29 is 39.6 Å². The van der Waals surface area contributed by atoms with Crippen LogP contribution in [0.5, 0.6) is 0 Å². The Hall–Kier alpha value is -4.62. The fourth-order valence-electron chi connectivity index (χ4n) is 4.70. The molecule has 0 aliphatic carbocycles. The van der Waals surface area contributed by atoms with Crippen LogP contribution < -0.4 is 0 Å². The number of carbonyl (C=O) groups is 4. The maximum Gasteiger partial charge on any atom is 0.335 e. The van der Waals surface area contributed by atoms with E-state index in [1.54, 1.807) is 48.5 Å². The Kier molecular flexibility index (Phi) is 8.87. The average Bonchev–Trinajstić information content (AvgIpc) is 3.71. The molecule has 0 atom stereocenters. The summed E-state index contributed by atoms with van der Waals surface area (Å²) in [7, 11) is 0. The summed E-state index contributed by atoms with van der Waals surface area (Å²) in [4.78, 5) is 50.2. The van der Waals surface area contributed by atoms with Gasteiger partial charge in [-0.2, -0.15) is 0 Å². The van der Waals surface area contributed by atoms with Crippen molar-refractivity contribution in [3.05, 3.63) is 150 Å². The molecule has 0 radical (unpaired) electrons. The zero-order valence-corrected chi connectivity index (χ0v) is 26.6. The molecule has 0 saturated heterocycles.